The first-order valence-electron chi connectivity index (χ1n) is 6.00. The number of rotatable bonds is 4. The van der Waals surface area contributed by atoms with Gasteiger partial charge in [0, 0.05) is 22.6 Å². The molecule has 1 fully saturated rings. The molecule has 94 valence electrons. The van der Waals surface area contributed by atoms with Crippen LogP contribution in [0.3, 0.4) is 0 Å². The van der Waals surface area contributed by atoms with Gasteiger partial charge in [-0.1, -0.05) is 27.5 Å². The number of hydrogen-bond donors (Lipinski definition) is 0. The molecule has 0 N–H and O–H groups in total. The summed E-state index contributed by atoms with van der Waals surface area (Å²) in [6.45, 7) is 5.00. The van der Waals surface area contributed by atoms with E-state index in [0.717, 1.165) is 55.2 Å². The van der Waals surface area contributed by atoms with Gasteiger partial charge in [0.05, 0.1) is 13.2 Å². The number of benzene rings is 1. The third kappa shape index (κ3) is 4.25. The van der Waals surface area contributed by atoms with Crippen LogP contribution in [0.5, 0.6) is 0 Å². The molecule has 0 amide bonds. The molecular weight excluding hydrogens is 302 g/mol. The average molecular weight is 319 g/mol. The molecule has 2 nitrogen and oxygen atoms in total. The number of hydrogen-bond acceptors (Lipinski definition) is 2. The molecule has 1 aromatic carbocycles. The summed E-state index contributed by atoms with van der Waals surface area (Å²) < 4.78 is 6.43. The van der Waals surface area contributed by atoms with E-state index in [1.165, 1.54) is 5.56 Å². The fourth-order valence-electron chi connectivity index (χ4n) is 2.05. The Balaban J connectivity index is 1.79. The molecule has 0 spiro atoms. The van der Waals surface area contributed by atoms with Crippen molar-refractivity contribution in [1.82, 2.24) is 4.90 Å². The summed E-state index contributed by atoms with van der Waals surface area (Å²) in [6.07, 6.45) is 2.19. The fourth-order valence-corrected chi connectivity index (χ4v) is 2.67. The second-order valence-electron chi connectivity index (χ2n) is 4.29. The maximum atomic E-state index is 6.16. The molecule has 1 heterocycles. The van der Waals surface area contributed by atoms with E-state index >= 15 is 0 Å². The average Bonchev–Trinajstić information content (AvgIpc) is 2.35. The Bertz CT molecular complexity index is 366. The third-order valence-corrected chi connectivity index (χ3v) is 3.89. The Morgan fingerprint density at radius 1 is 1.29 bits per heavy atom. The molecular formula is C13H17BrClNO. The monoisotopic (exact) mass is 317 g/mol. The standard InChI is InChI=1S/C13H17BrClNO/c14-12-3-4-13(15)11(10-12)2-1-5-16-6-8-17-9-7-16/h3-4,10H,1-2,5-9H2. The van der Waals surface area contributed by atoms with Gasteiger partial charge in [0.2, 0.25) is 0 Å². The summed E-state index contributed by atoms with van der Waals surface area (Å²) in [5.74, 6) is 0. The lowest BCUT2D eigenvalue weighted by Crippen LogP contribution is -2.36. The molecule has 0 bridgehead atoms. The number of nitrogens with zero attached hydrogens (tertiary/aromatic N) is 1. The Hall–Kier alpha value is -0.0900. The molecule has 2 rings (SSSR count). The van der Waals surface area contributed by atoms with Crippen LogP contribution in [0, 0.1) is 0 Å². The maximum Gasteiger partial charge on any atom is 0.0594 e. The first kappa shape index (κ1) is 13.3. The summed E-state index contributed by atoms with van der Waals surface area (Å²) in [6, 6.07) is 6.05. The molecule has 1 aromatic rings. The van der Waals surface area contributed by atoms with Gasteiger partial charge < -0.3 is 4.74 Å². The van der Waals surface area contributed by atoms with Gasteiger partial charge in [-0.3, -0.25) is 4.90 Å². The number of halogens is 2. The summed E-state index contributed by atoms with van der Waals surface area (Å²) in [5.41, 5.74) is 1.23. The van der Waals surface area contributed by atoms with Crippen LogP contribution in [-0.2, 0) is 11.2 Å². The quantitative estimate of drug-likeness (QED) is 0.844. The van der Waals surface area contributed by atoms with E-state index in [1.807, 2.05) is 12.1 Å². The van der Waals surface area contributed by atoms with Crippen molar-refractivity contribution in [3.8, 4) is 0 Å². The lowest BCUT2D eigenvalue weighted by molar-refractivity contribution is 0.0375. The van der Waals surface area contributed by atoms with Crippen molar-refractivity contribution >= 4 is 27.5 Å². The van der Waals surface area contributed by atoms with Crippen LogP contribution in [-0.4, -0.2) is 37.7 Å². The van der Waals surface area contributed by atoms with Crippen molar-refractivity contribution in [2.24, 2.45) is 0 Å². The van der Waals surface area contributed by atoms with Gasteiger partial charge in [0.1, 0.15) is 0 Å². The summed E-state index contributed by atoms with van der Waals surface area (Å²) in [4.78, 5) is 2.45. The van der Waals surface area contributed by atoms with Crippen molar-refractivity contribution in [3.05, 3.63) is 33.3 Å². The van der Waals surface area contributed by atoms with Crippen molar-refractivity contribution in [2.45, 2.75) is 12.8 Å². The summed E-state index contributed by atoms with van der Waals surface area (Å²) >= 11 is 9.64. The van der Waals surface area contributed by atoms with E-state index in [2.05, 4.69) is 26.9 Å². The van der Waals surface area contributed by atoms with Gasteiger partial charge in [-0.15, -0.1) is 0 Å². The molecule has 0 aliphatic carbocycles. The van der Waals surface area contributed by atoms with E-state index in [-0.39, 0.29) is 0 Å². The van der Waals surface area contributed by atoms with Crippen LogP contribution in [0.2, 0.25) is 5.02 Å². The largest absolute Gasteiger partial charge is 0.379 e. The lowest BCUT2D eigenvalue weighted by atomic mass is 10.1. The molecule has 0 radical (unpaired) electrons. The minimum Gasteiger partial charge on any atom is -0.379 e. The maximum absolute atomic E-state index is 6.16. The fraction of sp³-hybridized carbons (Fsp3) is 0.538. The molecule has 0 saturated carbocycles. The van der Waals surface area contributed by atoms with E-state index in [1.54, 1.807) is 0 Å². The Labute approximate surface area is 116 Å². The van der Waals surface area contributed by atoms with Crippen LogP contribution in [0.4, 0.5) is 0 Å². The van der Waals surface area contributed by atoms with Gasteiger partial charge in [-0.05, 0) is 43.1 Å². The zero-order valence-corrected chi connectivity index (χ0v) is 12.1. The Kier molecular flexibility index (Phi) is 5.29. The molecule has 4 heteroatoms. The molecule has 0 atom stereocenters. The van der Waals surface area contributed by atoms with Gasteiger partial charge in [0.25, 0.3) is 0 Å². The van der Waals surface area contributed by atoms with E-state index in [4.69, 9.17) is 16.3 Å². The zero-order chi connectivity index (χ0) is 12.1. The second kappa shape index (κ2) is 6.74. The van der Waals surface area contributed by atoms with Gasteiger partial charge in [-0.2, -0.15) is 0 Å². The predicted octanol–water partition coefficient (Wildman–Crippen LogP) is 3.37. The minimum atomic E-state index is 0.871. The van der Waals surface area contributed by atoms with Crippen molar-refractivity contribution in [3.63, 3.8) is 0 Å². The first-order valence-corrected chi connectivity index (χ1v) is 7.17. The van der Waals surface area contributed by atoms with E-state index < -0.39 is 0 Å². The van der Waals surface area contributed by atoms with Crippen LogP contribution in [0.25, 0.3) is 0 Å². The van der Waals surface area contributed by atoms with Gasteiger partial charge in [0.15, 0.2) is 0 Å². The molecule has 0 unspecified atom stereocenters. The second-order valence-corrected chi connectivity index (χ2v) is 5.62. The molecule has 1 saturated heterocycles. The smallest absolute Gasteiger partial charge is 0.0594 e. The Morgan fingerprint density at radius 3 is 2.82 bits per heavy atom. The highest BCUT2D eigenvalue weighted by Gasteiger charge is 2.10. The first-order chi connectivity index (χ1) is 8.25. The van der Waals surface area contributed by atoms with Gasteiger partial charge >= 0.3 is 0 Å². The third-order valence-electron chi connectivity index (χ3n) is 3.03. The Morgan fingerprint density at radius 2 is 2.06 bits per heavy atom. The summed E-state index contributed by atoms with van der Waals surface area (Å²) in [7, 11) is 0. The number of aryl methyl sites for hydroxylation is 1. The molecule has 0 aromatic heterocycles. The SMILES string of the molecule is Clc1ccc(Br)cc1CCCN1CCOCC1. The topological polar surface area (TPSA) is 12.5 Å². The van der Waals surface area contributed by atoms with Crippen molar-refractivity contribution in [1.29, 1.82) is 0 Å². The van der Waals surface area contributed by atoms with Crippen LogP contribution < -0.4 is 0 Å². The van der Waals surface area contributed by atoms with Crippen molar-refractivity contribution in [2.75, 3.05) is 32.8 Å². The highest BCUT2D eigenvalue weighted by atomic mass is 79.9. The van der Waals surface area contributed by atoms with Gasteiger partial charge in [-0.25, -0.2) is 0 Å². The van der Waals surface area contributed by atoms with Crippen LogP contribution >= 0.6 is 27.5 Å². The normalized spacial score (nSPS) is 17.3. The highest BCUT2D eigenvalue weighted by Crippen LogP contribution is 2.22. The van der Waals surface area contributed by atoms with Crippen LogP contribution in [0.15, 0.2) is 22.7 Å². The molecule has 17 heavy (non-hydrogen) atoms. The summed E-state index contributed by atoms with van der Waals surface area (Å²) in [5, 5.41) is 0.871. The lowest BCUT2D eigenvalue weighted by Gasteiger charge is -2.26. The predicted molar refractivity (Wildman–Crippen MR) is 74.7 cm³/mol. The van der Waals surface area contributed by atoms with Crippen molar-refractivity contribution < 1.29 is 4.74 Å². The van der Waals surface area contributed by atoms with E-state index in [9.17, 15) is 0 Å². The number of morpholine rings is 1. The molecule has 1 aliphatic heterocycles. The zero-order valence-electron chi connectivity index (χ0n) is 9.79. The minimum absolute atomic E-state index is 0.871. The van der Waals surface area contributed by atoms with Crippen LogP contribution in [0.1, 0.15) is 12.0 Å². The molecule has 1 aliphatic rings. The highest BCUT2D eigenvalue weighted by molar-refractivity contribution is 9.10. The van der Waals surface area contributed by atoms with E-state index in [0.29, 0.717) is 0 Å². The number of ether oxygens (including phenoxy) is 1.